The largest absolute Gasteiger partial charge is 0.479 e. The third kappa shape index (κ3) is 2.96. The molecule has 0 spiro atoms. The molecule has 0 radical (unpaired) electrons. The SMILES string of the molecule is O=C(NC1(C(=O)O)CCSC1)c1cccc([N+](=O)[O-])c1Cl. The molecule has 1 saturated heterocycles. The molecule has 7 nitrogen and oxygen atoms in total. The van der Waals surface area contributed by atoms with Crippen LogP contribution in [0.1, 0.15) is 16.8 Å². The second kappa shape index (κ2) is 5.90. The summed E-state index contributed by atoms with van der Waals surface area (Å²) < 4.78 is 0. The number of carboxylic acid groups (broad SMARTS) is 1. The first kappa shape index (κ1) is 15.6. The number of hydrogen-bond acceptors (Lipinski definition) is 5. The number of carbonyl (C=O) groups excluding carboxylic acids is 1. The molecule has 1 aliphatic heterocycles. The second-order valence-corrected chi connectivity index (χ2v) is 6.02. The van der Waals surface area contributed by atoms with Crippen molar-refractivity contribution in [2.75, 3.05) is 11.5 Å². The highest BCUT2D eigenvalue weighted by Gasteiger charge is 2.43. The smallest absolute Gasteiger partial charge is 0.330 e. The van der Waals surface area contributed by atoms with Crippen molar-refractivity contribution in [3.8, 4) is 0 Å². The van der Waals surface area contributed by atoms with E-state index in [4.69, 9.17) is 11.6 Å². The van der Waals surface area contributed by atoms with Crippen LogP contribution in [-0.2, 0) is 4.79 Å². The number of nitro benzene ring substituents is 1. The van der Waals surface area contributed by atoms with Gasteiger partial charge in [-0.1, -0.05) is 17.7 Å². The maximum absolute atomic E-state index is 12.2. The molecule has 1 amide bonds. The quantitative estimate of drug-likeness (QED) is 0.645. The molecular formula is C12H11ClN2O5S. The fourth-order valence-corrected chi connectivity index (χ4v) is 3.61. The number of carboxylic acids is 1. The Bertz CT molecular complexity index is 616. The number of nitro groups is 1. The predicted octanol–water partition coefficient (Wildman–Crippen LogP) is 1.94. The van der Waals surface area contributed by atoms with Gasteiger partial charge < -0.3 is 10.4 Å². The van der Waals surface area contributed by atoms with Gasteiger partial charge in [0.2, 0.25) is 0 Å². The number of carbonyl (C=O) groups is 2. The number of nitrogens with one attached hydrogen (secondary N) is 1. The summed E-state index contributed by atoms with van der Waals surface area (Å²) in [4.78, 5) is 33.7. The first-order chi connectivity index (χ1) is 9.87. The van der Waals surface area contributed by atoms with E-state index < -0.39 is 28.0 Å². The van der Waals surface area contributed by atoms with Crippen molar-refractivity contribution in [2.24, 2.45) is 0 Å². The third-order valence-electron chi connectivity index (χ3n) is 3.20. The Hall–Kier alpha value is -1.80. The maximum Gasteiger partial charge on any atom is 0.330 e. The maximum atomic E-state index is 12.2. The van der Waals surface area contributed by atoms with Crippen molar-refractivity contribution in [2.45, 2.75) is 12.0 Å². The summed E-state index contributed by atoms with van der Waals surface area (Å²) in [5, 5.41) is 22.3. The minimum Gasteiger partial charge on any atom is -0.479 e. The van der Waals surface area contributed by atoms with Crippen LogP contribution in [0.15, 0.2) is 18.2 Å². The highest BCUT2D eigenvalue weighted by atomic mass is 35.5. The lowest BCUT2D eigenvalue weighted by molar-refractivity contribution is -0.384. The Morgan fingerprint density at radius 3 is 2.71 bits per heavy atom. The van der Waals surface area contributed by atoms with Crippen LogP contribution in [0.3, 0.4) is 0 Å². The Morgan fingerprint density at radius 2 is 2.19 bits per heavy atom. The van der Waals surface area contributed by atoms with E-state index in [0.717, 1.165) is 0 Å². The number of aliphatic carboxylic acids is 1. The lowest BCUT2D eigenvalue weighted by atomic mass is 9.98. The standard InChI is InChI=1S/C12H11ClN2O5S/c13-9-7(2-1-3-8(9)15(19)20)10(16)14-12(11(17)18)4-5-21-6-12/h1-3H,4-6H2,(H,14,16)(H,17,18). The zero-order valence-corrected chi connectivity index (χ0v) is 12.2. The molecular weight excluding hydrogens is 320 g/mol. The van der Waals surface area contributed by atoms with Gasteiger partial charge in [-0.3, -0.25) is 14.9 Å². The zero-order valence-electron chi connectivity index (χ0n) is 10.7. The first-order valence-electron chi connectivity index (χ1n) is 5.94. The van der Waals surface area contributed by atoms with Crippen LogP contribution < -0.4 is 5.32 Å². The summed E-state index contributed by atoms with van der Waals surface area (Å²) >= 11 is 7.28. The number of amides is 1. The van der Waals surface area contributed by atoms with Gasteiger partial charge in [-0.05, 0) is 18.2 Å². The monoisotopic (exact) mass is 330 g/mol. The van der Waals surface area contributed by atoms with Crippen LogP contribution in [0.5, 0.6) is 0 Å². The van der Waals surface area contributed by atoms with E-state index in [-0.39, 0.29) is 16.3 Å². The molecule has 1 atom stereocenters. The highest BCUT2D eigenvalue weighted by Crippen LogP contribution is 2.31. The number of halogens is 1. The van der Waals surface area contributed by atoms with Crippen molar-refractivity contribution in [1.29, 1.82) is 0 Å². The van der Waals surface area contributed by atoms with Gasteiger partial charge in [0.15, 0.2) is 0 Å². The lowest BCUT2D eigenvalue weighted by Gasteiger charge is -2.24. The first-order valence-corrected chi connectivity index (χ1v) is 7.47. The number of hydrogen-bond donors (Lipinski definition) is 2. The molecule has 1 heterocycles. The average molecular weight is 331 g/mol. The van der Waals surface area contributed by atoms with Gasteiger partial charge in [0.05, 0.1) is 10.5 Å². The molecule has 0 aromatic heterocycles. The Morgan fingerprint density at radius 1 is 1.48 bits per heavy atom. The minimum absolute atomic E-state index is 0.108. The minimum atomic E-state index is -1.35. The van der Waals surface area contributed by atoms with Crippen LogP contribution in [0.4, 0.5) is 5.69 Å². The molecule has 2 N–H and O–H groups in total. The molecule has 1 aromatic carbocycles. The van der Waals surface area contributed by atoms with Gasteiger partial charge in [0, 0.05) is 11.8 Å². The molecule has 1 fully saturated rings. The number of rotatable bonds is 4. The number of benzene rings is 1. The second-order valence-electron chi connectivity index (χ2n) is 4.54. The van der Waals surface area contributed by atoms with E-state index in [1.807, 2.05) is 0 Å². The summed E-state index contributed by atoms with van der Waals surface area (Å²) in [6, 6.07) is 3.83. The molecule has 112 valence electrons. The summed E-state index contributed by atoms with van der Waals surface area (Å²) in [6.45, 7) is 0. The summed E-state index contributed by atoms with van der Waals surface area (Å²) in [6.07, 6.45) is 0.297. The van der Waals surface area contributed by atoms with Crippen molar-refractivity contribution in [1.82, 2.24) is 5.32 Å². The van der Waals surface area contributed by atoms with E-state index in [9.17, 15) is 24.8 Å². The summed E-state index contributed by atoms with van der Waals surface area (Å²) in [7, 11) is 0. The molecule has 9 heteroatoms. The van der Waals surface area contributed by atoms with E-state index in [1.165, 1.54) is 30.0 Å². The molecule has 1 aromatic rings. The Balaban J connectivity index is 2.31. The van der Waals surface area contributed by atoms with Gasteiger partial charge in [-0.2, -0.15) is 11.8 Å². The van der Waals surface area contributed by atoms with Gasteiger partial charge in [-0.25, -0.2) is 4.79 Å². The van der Waals surface area contributed by atoms with Gasteiger partial charge >= 0.3 is 5.97 Å². The van der Waals surface area contributed by atoms with E-state index in [2.05, 4.69) is 5.32 Å². The Kier molecular flexibility index (Phi) is 4.38. The van der Waals surface area contributed by atoms with E-state index in [1.54, 1.807) is 0 Å². The molecule has 0 aliphatic carbocycles. The normalized spacial score (nSPS) is 21.0. The van der Waals surface area contributed by atoms with Crippen LogP contribution in [0.2, 0.25) is 5.02 Å². The lowest BCUT2D eigenvalue weighted by Crippen LogP contribution is -2.54. The van der Waals surface area contributed by atoms with Crippen LogP contribution in [-0.4, -0.2) is 39.0 Å². The van der Waals surface area contributed by atoms with Crippen molar-refractivity contribution >= 4 is 40.9 Å². The van der Waals surface area contributed by atoms with E-state index >= 15 is 0 Å². The average Bonchev–Trinajstić information content (AvgIpc) is 2.88. The summed E-state index contributed by atoms with van der Waals surface area (Å²) in [5.74, 6) is -0.980. The van der Waals surface area contributed by atoms with Gasteiger partial charge in [-0.15, -0.1) is 0 Å². The van der Waals surface area contributed by atoms with Crippen LogP contribution in [0.25, 0.3) is 0 Å². The predicted molar refractivity (Wildman–Crippen MR) is 77.9 cm³/mol. The highest BCUT2D eigenvalue weighted by molar-refractivity contribution is 7.99. The third-order valence-corrected chi connectivity index (χ3v) is 4.79. The summed E-state index contributed by atoms with van der Waals surface area (Å²) in [5.41, 5.74) is -1.85. The fourth-order valence-electron chi connectivity index (χ4n) is 2.01. The molecule has 1 aliphatic rings. The van der Waals surface area contributed by atoms with Gasteiger partial charge in [0.1, 0.15) is 10.6 Å². The molecule has 0 saturated carbocycles. The van der Waals surface area contributed by atoms with Gasteiger partial charge in [0.25, 0.3) is 11.6 Å². The van der Waals surface area contributed by atoms with Crippen LogP contribution in [0, 0.1) is 10.1 Å². The van der Waals surface area contributed by atoms with Crippen molar-refractivity contribution < 1.29 is 19.6 Å². The molecule has 21 heavy (non-hydrogen) atoms. The zero-order chi connectivity index (χ0) is 15.6. The molecule has 2 rings (SSSR count). The van der Waals surface area contributed by atoms with Crippen molar-refractivity contribution in [3.05, 3.63) is 38.9 Å². The Labute approximate surface area is 128 Å². The number of thioether (sulfide) groups is 1. The van der Waals surface area contributed by atoms with Crippen LogP contribution >= 0.6 is 23.4 Å². The topological polar surface area (TPSA) is 110 Å². The van der Waals surface area contributed by atoms with E-state index in [0.29, 0.717) is 12.2 Å². The van der Waals surface area contributed by atoms with Crippen molar-refractivity contribution in [3.63, 3.8) is 0 Å². The molecule has 1 unspecified atom stereocenters. The number of nitrogens with zero attached hydrogens (tertiary/aromatic N) is 1. The fraction of sp³-hybridized carbons (Fsp3) is 0.333. The molecule has 0 bridgehead atoms.